The maximum absolute atomic E-state index is 5.54. The lowest BCUT2D eigenvalue weighted by atomic mass is 10.2. The van der Waals surface area contributed by atoms with Crippen LogP contribution < -0.4 is 4.74 Å². The van der Waals surface area contributed by atoms with Crippen LogP contribution in [0.15, 0.2) is 56.2 Å². The highest BCUT2D eigenvalue weighted by molar-refractivity contribution is 5.48. The highest BCUT2D eigenvalue weighted by Gasteiger charge is 2.04. The summed E-state index contributed by atoms with van der Waals surface area (Å²) in [6, 6.07) is 7.58. The summed E-state index contributed by atoms with van der Waals surface area (Å²) in [5, 5.41) is 0. The molecule has 2 heteroatoms. The van der Waals surface area contributed by atoms with Crippen molar-refractivity contribution in [3.8, 4) is 5.75 Å². The number of ether oxygens (including phenoxy) is 2. The number of hydrogen-bond acceptors (Lipinski definition) is 2. The van der Waals surface area contributed by atoms with E-state index in [1.807, 2.05) is 24.3 Å². The molecule has 1 aromatic carbocycles. The molecule has 0 amide bonds. The minimum atomic E-state index is -0.451. The van der Waals surface area contributed by atoms with Gasteiger partial charge in [-0.15, -0.1) is 6.58 Å². The van der Waals surface area contributed by atoms with Crippen LogP contribution in [0.1, 0.15) is 5.56 Å². The molecular weight excluding hydrogens is 200 g/mol. The Morgan fingerprint density at radius 3 is 2.31 bits per heavy atom. The SMILES string of the molecule is C=CCOC(C=C)Oc1ccc(C=C)cc1. The van der Waals surface area contributed by atoms with Crippen LogP contribution in [0.3, 0.4) is 0 Å². The maximum Gasteiger partial charge on any atom is 0.219 e. The Balaban J connectivity index is 2.58. The average molecular weight is 216 g/mol. The van der Waals surface area contributed by atoms with Gasteiger partial charge in [0, 0.05) is 0 Å². The average Bonchev–Trinajstić information content (AvgIpc) is 2.35. The first kappa shape index (κ1) is 12.3. The van der Waals surface area contributed by atoms with E-state index in [0.717, 1.165) is 11.3 Å². The monoisotopic (exact) mass is 216 g/mol. The summed E-state index contributed by atoms with van der Waals surface area (Å²) in [5.41, 5.74) is 1.05. The molecule has 0 aliphatic carbocycles. The van der Waals surface area contributed by atoms with Gasteiger partial charge >= 0.3 is 0 Å². The molecule has 1 atom stereocenters. The van der Waals surface area contributed by atoms with Gasteiger partial charge in [0.15, 0.2) is 0 Å². The second-order valence-electron chi connectivity index (χ2n) is 3.12. The molecule has 0 bridgehead atoms. The summed E-state index contributed by atoms with van der Waals surface area (Å²) >= 11 is 0. The fraction of sp³-hybridized carbons (Fsp3) is 0.143. The topological polar surface area (TPSA) is 18.5 Å². The molecule has 0 saturated heterocycles. The van der Waals surface area contributed by atoms with E-state index >= 15 is 0 Å². The molecule has 16 heavy (non-hydrogen) atoms. The molecule has 1 rings (SSSR count). The lowest BCUT2D eigenvalue weighted by Crippen LogP contribution is -2.17. The van der Waals surface area contributed by atoms with Gasteiger partial charge in [-0.1, -0.05) is 37.4 Å². The Labute approximate surface area is 96.5 Å². The maximum atomic E-state index is 5.54. The second-order valence-corrected chi connectivity index (χ2v) is 3.12. The predicted molar refractivity (Wildman–Crippen MR) is 67.3 cm³/mol. The third kappa shape index (κ3) is 3.75. The van der Waals surface area contributed by atoms with Gasteiger partial charge in [-0.25, -0.2) is 0 Å². The molecule has 0 radical (unpaired) electrons. The van der Waals surface area contributed by atoms with Gasteiger partial charge in [-0.2, -0.15) is 0 Å². The zero-order valence-corrected chi connectivity index (χ0v) is 9.26. The second kappa shape index (κ2) is 6.64. The summed E-state index contributed by atoms with van der Waals surface area (Å²) in [7, 11) is 0. The van der Waals surface area contributed by atoms with Crippen LogP contribution in [0, 0.1) is 0 Å². The lowest BCUT2D eigenvalue weighted by Gasteiger charge is -2.15. The number of rotatable bonds is 7. The number of benzene rings is 1. The Morgan fingerprint density at radius 2 is 1.81 bits per heavy atom. The Bertz CT molecular complexity index is 352. The Morgan fingerprint density at radius 1 is 1.12 bits per heavy atom. The minimum absolute atomic E-state index is 0.432. The van der Waals surface area contributed by atoms with Crippen LogP contribution >= 0.6 is 0 Å². The largest absolute Gasteiger partial charge is 0.461 e. The molecule has 84 valence electrons. The standard InChI is InChI=1S/C14H16O2/c1-4-11-15-14(6-3)16-13-9-7-12(5-2)8-10-13/h4-10,14H,1-3,11H2. The summed E-state index contributed by atoms with van der Waals surface area (Å²) in [5.74, 6) is 0.736. The first-order valence-corrected chi connectivity index (χ1v) is 5.04. The van der Waals surface area contributed by atoms with Crippen molar-refractivity contribution in [2.45, 2.75) is 6.29 Å². The Hall–Kier alpha value is -1.80. The zero-order valence-electron chi connectivity index (χ0n) is 9.26. The van der Waals surface area contributed by atoms with E-state index in [0.29, 0.717) is 6.61 Å². The smallest absolute Gasteiger partial charge is 0.219 e. The molecule has 1 aromatic rings. The molecule has 0 spiro atoms. The van der Waals surface area contributed by atoms with E-state index in [-0.39, 0.29) is 0 Å². The zero-order chi connectivity index (χ0) is 11.8. The molecule has 1 unspecified atom stereocenters. The molecule has 0 fully saturated rings. The van der Waals surface area contributed by atoms with Crippen molar-refractivity contribution in [2.75, 3.05) is 6.61 Å². The first-order valence-electron chi connectivity index (χ1n) is 5.04. The van der Waals surface area contributed by atoms with Gasteiger partial charge in [0.1, 0.15) is 5.75 Å². The van der Waals surface area contributed by atoms with Gasteiger partial charge in [0.2, 0.25) is 6.29 Å². The van der Waals surface area contributed by atoms with Crippen molar-refractivity contribution < 1.29 is 9.47 Å². The van der Waals surface area contributed by atoms with Crippen molar-refractivity contribution in [2.24, 2.45) is 0 Å². The van der Waals surface area contributed by atoms with E-state index in [2.05, 4.69) is 19.7 Å². The normalized spacial score (nSPS) is 11.5. The molecule has 0 N–H and O–H groups in total. The van der Waals surface area contributed by atoms with Gasteiger partial charge in [-0.3, -0.25) is 0 Å². The highest BCUT2D eigenvalue weighted by atomic mass is 16.7. The molecule has 0 saturated carbocycles. The van der Waals surface area contributed by atoms with Gasteiger partial charge in [-0.05, 0) is 23.8 Å². The molecule has 0 heterocycles. The van der Waals surface area contributed by atoms with E-state index in [9.17, 15) is 0 Å². The molecule has 0 aliphatic heterocycles. The van der Waals surface area contributed by atoms with Gasteiger partial charge in [0.25, 0.3) is 0 Å². The molecule has 0 aromatic heterocycles. The van der Waals surface area contributed by atoms with E-state index in [4.69, 9.17) is 9.47 Å². The summed E-state index contributed by atoms with van der Waals surface area (Å²) < 4.78 is 10.9. The summed E-state index contributed by atoms with van der Waals surface area (Å²) in [6.07, 6.45) is 4.60. The molecule has 2 nitrogen and oxygen atoms in total. The quantitative estimate of drug-likeness (QED) is 0.513. The van der Waals surface area contributed by atoms with Gasteiger partial charge < -0.3 is 9.47 Å². The number of hydrogen-bond donors (Lipinski definition) is 0. The van der Waals surface area contributed by atoms with E-state index in [1.165, 1.54) is 0 Å². The Kier molecular flexibility index (Phi) is 5.09. The third-order valence-electron chi connectivity index (χ3n) is 1.94. The van der Waals surface area contributed by atoms with Crippen molar-refractivity contribution in [1.82, 2.24) is 0 Å². The van der Waals surface area contributed by atoms with Crippen molar-refractivity contribution in [1.29, 1.82) is 0 Å². The van der Waals surface area contributed by atoms with Gasteiger partial charge in [0.05, 0.1) is 6.61 Å². The van der Waals surface area contributed by atoms with Crippen LogP contribution in [-0.2, 0) is 4.74 Å². The fourth-order valence-electron chi connectivity index (χ4n) is 1.13. The third-order valence-corrected chi connectivity index (χ3v) is 1.94. The minimum Gasteiger partial charge on any atom is -0.461 e. The van der Waals surface area contributed by atoms with Crippen molar-refractivity contribution >= 4 is 6.08 Å². The first-order chi connectivity index (χ1) is 7.80. The lowest BCUT2D eigenvalue weighted by molar-refractivity contribution is -0.0329. The predicted octanol–water partition coefficient (Wildman–Crippen LogP) is 3.42. The van der Waals surface area contributed by atoms with E-state index < -0.39 is 6.29 Å². The van der Waals surface area contributed by atoms with Crippen LogP contribution in [0.4, 0.5) is 0 Å². The summed E-state index contributed by atoms with van der Waals surface area (Å²) in [4.78, 5) is 0. The van der Waals surface area contributed by atoms with Crippen LogP contribution in [0.25, 0.3) is 6.08 Å². The highest BCUT2D eigenvalue weighted by Crippen LogP contribution is 2.15. The van der Waals surface area contributed by atoms with Crippen LogP contribution in [0.5, 0.6) is 5.75 Å². The van der Waals surface area contributed by atoms with Crippen molar-refractivity contribution in [3.05, 3.63) is 61.7 Å². The summed E-state index contributed by atoms with van der Waals surface area (Å²) in [6.45, 7) is 11.3. The molecule has 0 aliphatic rings. The van der Waals surface area contributed by atoms with E-state index in [1.54, 1.807) is 18.2 Å². The fourth-order valence-corrected chi connectivity index (χ4v) is 1.13. The van der Waals surface area contributed by atoms with Crippen LogP contribution in [0.2, 0.25) is 0 Å². The molecular formula is C14H16O2. The van der Waals surface area contributed by atoms with Crippen molar-refractivity contribution in [3.63, 3.8) is 0 Å². The van der Waals surface area contributed by atoms with Crippen LogP contribution in [-0.4, -0.2) is 12.9 Å².